The highest BCUT2D eigenvalue weighted by Gasteiger charge is 2.49. The van der Waals surface area contributed by atoms with Crippen molar-refractivity contribution in [1.29, 1.82) is 0 Å². The third kappa shape index (κ3) is 3.02. The molecule has 1 aliphatic heterocycles. The van der Waals surface area contributed by atoms with E-state index in [1.165, 1.54) is 22.7 Å². The molecule has 3 heterocycles. The van der Waals surface area contributed by atoms with Crippen LogP contribution >= 0.6 is 11.8 Å². The normalized spacial score (nSPS) is 27.7. The average molecular weight is 372 g/mol. The maximum absolute atomic E-state index is 12.1. The van der Waals surface area contributed by atoms with Gasteiger partial charge in [-0.2, -0.15) is 0 Å². The van der Waals surface area contributed by atoms with Crippen LogP contribution in [0.2, 0.25) is 0 Å². The predicted octanol–water partition coefficient (Wildman–Crippen LogP) is -1.70. The van der Waals surface area contributed by atoms with E-state index in [2.05, 4.69) is 15.0 Å². The van der Waals surface area contributed by atoms with Crippen molar-refractivity contribution >= 4 is 28.9 Å². The molecule has 0 amide bonds. The minimum Gasteiger partial charge on any atom is -0.479 e. The lowest BCUT2D eigenvalue weighted by Crippen LogP contribution is -2.42. The summed E-state index contributed by atoms with van der Waals surface area (Å²) in [5.74, 6) is -0.930. The highest BCUT2D eigenvalue weighted by Crippen LogP contribution is 2.32. The second-order valence-electron chi connectivity index (χ2n) is 5.38. The Hall–Kier alpha value is -1.99. The summed E-state index contributed by atoms with van der Waals surface area (Å²) in [6.45, 7) is 1.88. The number of H-pyrrole nitrogens is 1. The molecule has 136 valence electrons. The SMILES string of the molecule is CCSc1nc2c(ncn2[C@@H]2O[C@H](C(O)C(=O)O)[C@@H](O)[C@H]2O)c(=O)[nH]1. The van der Waals surface area contributed by atoms with E-state index in [1.54, 1.807) is 0 Å². The lowest BCUT2D eigenvalue weighted by atomic mass is 10.1. The first-order valence-electron chi connectivity index (χ1n) is 7.37. The molecule has 0 aliphatic carbocycles. The molecule has 5 N–H and O–H groups in total. The first-order valence-corrected chi connectivity index (χ1v) is 8.35. The van der Waals surface area contributed by atoms with Gasteiger partial charge >= 0.3 is 5.97 Å². The molecule has 0 aromatic carbocycles. The number of aliphatic hydroxyl groups excluding tert-OH is 3. The minimum absolute atomic E-state index is 0.00739. The van der Waals surface area contributed by atoms with Crippen LogP contribution in [0.15, 0.2) is 16.3 Å². The number of nitrogens with one attached hydrogen (secondary N) is 1. The van der Waals surface area contributed by atoms with Gasteiger partial charge in [0.25, 0.3) is 5.56 Å². The van der Waals surface area contributed by atoms with Crippen LogP contribution in [-0.2, 0) is 9.53 Å². The summed E-state index contributed by atoms with van der Waals surface area (Å²) in [6.07, 6.45) is -6.80. The molecule has 2 aromatic rings. The Kier molecular flexibility index (Phi) is 4.79. The Morgan fingerprint density at radius 2 is 2.20 bits per heavy atom. The number of imidazole rings is 1. The van der Waals surface area contributed by atoms with Gasteiger partial charge in [0.15, 0.2) is 28.7 Å². The van der Waals surface area contributed by atoms with Crippen molar-refractivity contribution < 1.29 is 30.0 Å². The summed E-state index contributed by atoms with van der Waals surface area (Å²) in [4.78, 5) is 33.7. The van der Waals surface area contributed by atoms with Crippen LogP contribution in [0.4, 0.5) is 0 Å². The number of aliphatic carboxylic acids is 1. The number of hydrogen-bond acceptors (Lipinski definition) is 9. The number of carboxylic acid groups (broad SMARTS) is 1. The third-order valence-corrected chi connectivity index (χ3v) is 4.56. The Morgan fingerprint density at radius 1 is 1.48 bits per heavy atom. The summed E-state index contributed by atoms with van der Waals surface area (Å²) in [5, 5.41) is 39.0. The van der Waals surface area contributed by atoms with Crippen LogP contribution in [0.5, 0.6) is 0 Å². The van der Waals surface area contributed by atoms with Crippen molar-refractivity contribution in [1.82, 2.24) is 19.5 Å². The lowest BCUT2D eigenvalue weighted by molar-refractivity contribution is -0.160. The van der Waals surface area contributed by atoms with Gasteiger partial charge in [-0.15, -0.1) is 0 Å². The fraction of sp³-hybridized carbons (Fsp3) is 0.538. The fourth-order valence-corrected chi connectivity index (χ4v) is 3.20. The quantitative estimate of drug-likeness (QED) is 0.301. The molecule has 12 heteroatoms. The zero-order valence-electron chi connectivity index (χ0n) is 12.9. The molecular weight excluding hydrogens is 356 g/mol. The van der Waals surface area contributed by atoms with E-state index in [0.717, 1.165) is 0 Å². The van der Waals surface area contributed by atoms with Crippen molar-refractivity contribution in [2.45, 2.75) is 42.7 Å². The Morgan fingerprint density at radius 3 is 2.84 bits per heavy atom. The van der Waals surface area contributed by atoms with Gasteiger partial charge in [0.05, 0.1) is 6.33 Å². The molecule has 2 aromatic heterocycles. The van der Waals surface area contributed by atoms with Crippen LogP contribution in [0.25, 0.3) is 11.2 Å². The maximum Gasteiger partial charge on any atom is 0.335 e. The lowest BCUT2D eigenvalue weighted by Gasteiger charge is -2.17. The van der Waals surface area contributed by atoms with Crippen LogP contribution in [0.1, 0.15) is 13.2 Å². The molecule has 1 aliphatic rings. The van der Waals surface area contributed by atoms with Gasteiger partial charge in [-0.05, 0) is 5.75 Å². The number of carboxylic acids is 1. The number of rotatable bonds is 5. The molecule has 1 unspecified atom stereocenters. The molecule has 0 bridgehead atoms. The van der Waals surface area contributed by atoms with E-state index in [0.29, 0.717) is 10.9 Å². The predicted molar refractivity (Wildman–Crippen MR) is 84.1 cm³/mol. The van der Waals surface area contributed by atoms with E-state index in [9.17, 15) is 24.9 Å². The summed E-state index contributed by atoms with van der Waals surface area (Å²) in [6, 6.07) is 0. The first kappa shape index (κ1) is 17.8. The molecule has 11 nitrogen and oxygen atoms in total. The molecular formula is C13H16N4O7S. The van der Waals surface area contributed by atoms with E-state index < -0.39 is 42.2 Å². The number of ether oxygens (including phenoxy) is 1. The summed E-state index contributed by atoms with van der Waals surface area (Å²) >= 11 is 1.29. The number of hydrogen-bond donors (Lipinski definition) is 5. The summed E-state index contributed by atoms with van der Waals surface area (Å²) in [5.41, 5.74) is -0.357. The van der Waals surface area contributed by atoms with Gasteiger partial charge in [-0.3, -0.25) is 14.3 Å². The van der Waals surface area contributed by atoms with Crippen molar-refractivity contribution in [3.63, 3.8) is 0 Å². The topological polar surface area (TPSA) is 171 Å². The van der Waals surface area contributed by atoms with E-state index >= 15 is 0 Å². The van der Waals surface area contributed by atoms with Crippen LogP contribution in [-0.4, -0.2) is 76.1 Å². The van der Waals surface area contributed by atoms with E-state index in [1.807, 2.05) is 6.92 Å². The summed E-state index contributed by atoms with van der Waals surface area (Å²) < 4.78 is 6.56. The number of carbonyl (C=O) groups is 1. The number of fused-ring (bicyclic) bond motifs is 1. The standard InChI is InChI=1S/C13H16N4O7S/c1-2-25-13-15-9-4(10(21)16-13)14-3-17(9)11-6(19)5(18)8(24-11)7(20)12(22)23/h3,5-8,11,18-20H,2H2,1H3,(H,22,23)(H,15,16,21)/t5-,6+,7?,8-,11+/m0/s1. The smallest absolute Gasteiger partial charge is 0.335 e. The Balaban J connectivity index is 2.01. The third-order valence-electron chi connectivity index (χ3n) is 3.81. The zero-order chi connectivity index (χ0) is 18.3. The molecule has 25 heavy (non-hydrogen) atoms. The Bertz CT molecular complexity index is 853. The van der Waals surface area contributed by atoms with Gasteiger partial charge in [0, 0.05) is 0 Å². The Labute approximate surface area is 144 Å². The van der Waals surface area contributed by atoms with Crippen molar-refractivity contribution in [3.05, 3.63) is 16.7 Å². The number of nitrogens with zero attached hydrogens (tertiary/aromatic N) is 3. The van der Waals surface area contributed by atoms with Gasteiger partial charge in [0.1, 0.15) is 18.3 Å². The molecule has 0 radical (unpaired) electrons. The van der Waals surface area contributed by atoms with Crippen LogP contribution in [0, 0.1) is 0 Å². The van der Waals surface area contributed by atoms with Crippen molar-refractivity contribution in [3.8, 4) is 0 Å². The average Bonchev–Trinajstić information content (AvgIpc) is 3.10. The second kappa shape index (κ2) is 6.72. The summed E-state index contributed by atoms with van der Waals surface area (Å²) in [7, 11) is 0. The largest absolute Gasteiger partial charge is 0.479 e. The van der Waals surface area contributed by atoms with Crippen molar-refractivity contribution in [2.75, 3.05) is 5.75 Å². The molecule has 3 rings (SSSR count). The molecule has 0 spiro atoms. The zero-order valence-corrected chi connectivity index (χ0v) is 13.8. The number of thioether (sulfide) groups is 1. The van der Waals surface area contributed by atoms with E-state index in [4.69, 9.17) is 9.84 Å². The molecule has 1 saturated heterocycles. The van der Waals surface area contributed by atoms with E-state index in [-0.39, 0.29) is 11.2 Å². The van der Waals surface area contributed by atoms with Gasteiger partial charge in [-0.25, -0.2) is 14.8 Å². The van der Waals surface area contributed by atoms with Crippen molar-refractivity contribution in [2.24, 2.45) is 0 Å². The number of aliphatic hydroxyl groups is 3. The molecule has 1 fully saturated rings. The van der Waals surface area contributed by atoms with Crippen LogP contribution < -0.4 is 5.56 Å². The monoisotopic (exact) mass is 372 g/mol. The van der Waals surface area contributed by atoms with Crippen LogP contribution in [0.3, 0.4) is 0 Å². The minimum atomic E-state index is -2.02. The highest BCUT2D eigenvalue weighted by molar-refractivity contribution is 7.99. The van der Waals surface area contributed by atoms with Gasteiger partial charge in [0.2, 0.25) is 0 Å². The maximum atomic E-state index is 12.1. The highest BCUT2D eigenvalue weighted by atomic mass is 32.2. The molecule has 0 saturated carbocycles. The van der Waals surface area contributed by atoms with Gasteiger partial charge in [-0.1, -0.05) is 18.7 Å². The first-order chi connectivity index (χ1) is 11.8. The van der Waals surface area contributed by atoms with Gasteiger partial charge < -0.3 is 25.2 Å². The number of aromatic amines is 1. The fourth-order valence-electron chi connectivity index (χ4n) is 2.61. The number of aromatic nitrogens is 4. The molecule has 5 atom stereocenters. The second-order valence-corrected chi connectivity index (χ2v) is 6.64.